The molecule has 2 unspecified atom stereocenters. The van der Waals surface area contributed by atoms with Crippen LogP contribution in [0.25, 0.3) is 11.0 Å². The number of aromatic nitrogens is 2. The summed E-state index contributed by atoms with van der Waals surface area (Å²) >= 11 is 0. The van der Waals surface area contributed by atoms with Crippen LogP contribution in [0.2, 0.25) is 0 Å². The third-order valence-corrected chi connectivity index (χ3v) is 6.77. The number of hydrogen-bond acceptors (Lipinski definition) is 7. The van der Waals surface area contributed by atoms with E-state index in [9.17, 15) is 0 Å². The molecular formula is C24H35N5O2. The number of nitrogens with zero attached hydrogens (tertiary/aromatic N) is 5. The number of para-hydroxylation sites is 2. The predicted molar refractivity (Wildman–Crippen MR) is 124 cm³/mol. The van der Waals surface area contributed by atoms with E-state index >= 15 is 0 Å². The topological polar surface area (TPSA) is 54.0 Å². The van der Waals surface area contributed by atoms with Crippen LogP contribution in [0.15, 0.2) is 24.3 Å². The maximum Gasteiger partial charge on any atom is 0.172 e. The molecule has 0 amide bonds. The van der Waals surface area contributed by atoms with E-state index in [4.69, 9.17) is 19.4 Å². The maximum absolute atomic E-state index is 5.91. The molecule has 0 saturated carbocycles. The molecule has 3 aliphatic rings. The van der Waals surface area contributed by atoms with Gasteiger partial charge in [-0.15, -0.1) is 0 Å². The third kappa shape index (κ3) is 4.78. The van der Waals surface area contributed by atoms with E-state index in [1.165, 1.54) is 19.4 Å². The van der Waals surface area contributed by atoms with Gasteiger partial charge in [0.15, 0.2) is 11.6 Å². The van der Waals surface area contributed by atoms with Gasteiger partial charge in [-0.05, 0) is 44.7 Å². The summed E-state index contributed by atoms with van der Waals surface area (Å²) in [6.45, 7) is 13.0. The molecule has 2 atom stereocenters. The van der Waals surface area contributed by atoms with Crippen molar-refractivity contribution in [3.05, 3.63) is 24.3 Å². The van der Waals surface area contributed by atoms with Crippen molar-refractivity contribution in [1.29, 1.82) is 0 Å². The van der Waals surface area contributed by atoms with Gasteiger partial charge in [0, 0.05) is 45.8 Å². The predicted octanol–water partition coefficient (Wildman–Crippen LogP) is 2.79. The van der Waals surface area contributed by atoms with Crippen molar-refractivity contribution < 1.29 is 9.47 Å². The molecule has 5 rings (SSSR count). The van der Waals surface area contributed by atoms with E-state index in [2.05, 4.69) is 40.7 Å². The van der Waals surface area contributed by atoms with Gasteiger partial charge >= 0.3 is 0 Å². The molecule has 1 aromatic heterocycles. The summed E-state index contributed by atoms with van der Waals surface area (Å²) in [4.78, 5) is 17.6. The first kappa shape index (κ1) is 20.9. The minimum Gasteiger partial charge on any atom is -0.378 e. The van der Waals surface area contributed by atoms with Crippen molar-refractivity contribution in [2.75, 3.05) is 68.8 Å². The van der Waals surface area contributed by atoms with Crippen molar-refractivity contribution in [2.24, 2.45) is 5.92 Å². The van der Waals surface area contributed by atoms with Crippen LogP contribution in [0, 0.1) is 5.92 Å². The van der Waals surface area contributed by atoms with Crippen LogP contribution < -0.4 is 9.80 Å². The normalized spacial score (nSPS) is 26.5. The molecule has 3 aliphatic heterocycles. The van der Waals surface area contributed by atoms with Crippen LogP contribution in [-0.2, 0) is 9.47 Å². The van der Waals surface area contributed by atoms with Gasteiger partial charge in [-0.1, -0.05) is 12.1 Å². The van der Waals surface area contributed by atoms with Crippen LogP contribution in [0.5, 0.6) is 0 Å². The summed E-state index contributed by atoms with van der Waals surface area (Å²) in [6.07, 6.45) is 3.09. The summed E-state index contributed by atoms with van der Waals surface area (Å²) in [6, 6.07) is 8.22. The van der Waals surface area contributed by atoms with Crippen LogP contribution >= 0.6 is 0 Å². The van der Waals surface area contributed by atoms with Crippen LogP contribution in [0.3, 0.4) is 0 Å². The highest BCUT2D eigenvalue weighted by Crippen LogP contribution is 2.32. The maximum atomic E-state index is 5.91. The number of anilines is 2. The van der Waals surface area contributed by atoms with Gasteiger partial charge in [-0.2, -0.15) is 0 Å². The van der Waals surface area contributed by atoms with Crippen LogP contribution in [-0.4, -0.2) is 86.1 Å². The Hall–Kier alpha value is -1.96. The van der Waals surface area contributed by atoms with Crippen molar-refractivity contribution in [3.8, 4) is 0 Å². The molecule has 168 valence electrons. The number of fused-ring (bicyclic) bond motifs is 1. The zero-order chi connectivity index (χ0) is 21.2. The van der Waals surface area contributed by atoms with E-state index in [0.717, 1.165) is 81.1 Å². The van der Waals surface area contributed by atoms with E-state index in [0.29, 0.717) is 12.2 Å². The average Bonchev–Trinajstić information content (AvgIpc) is 2.79. The Balaban J connectivity index is 1.30. The van der Waals surface area contributed by atoms with E-state index in [1.807, 2.05) is 12.1 Å². The van der Waals surface area contributed by atoms with Crippen molar-refractivity contribution in [3.63, 3.8) is 0 Å². The second-order valence-corrected chi connectivity index (χ2v) is 9.37. The first-order valence-electron chi connectivity index (χ1n) is 11.9. The SMILES string of the molecule is CC1CN(CC2CCN(c3nc4ccccc4nc3N3CCOCC3)CC2)CC(C)O1. The number of piperidine rings is 1. The summed E-state index contributed by atoms with van der Waals surface area (Å²) in [7, 11) is 0. The van der Waals surface area contributed by atoms with E-state index in [-0.39, 0.29) is 0 Å². The third-order valence-electron chi connectivity index (χ3n) is 6.77. The molecule has 2 aromatic rings. The summed E-state index contributed by atoms with van der Waals surface area (Å²) in [5, 5.41) is 0. The fourth-order valence-corrected chi connectivity index (χ4v) is 5.31. The van der Waals surface area contributed by atoms with E-state index < -0.39 is 0 Å². The quantitative estimate of drug-likeness (QED) is 0.747. The van der Waals surface area contributed by atoms with Crippen molar-refractivity contribution >= 4 is 22.7 Å². The zero-order valence-electron chi connectivity index (χ0n) is 18.9. The van der Waals surface area contributed by atoms with Crippen molar-refractivity contribution in [1.82, 2.24) is 14.9 Å². The Kier molecular flexibility index (Phi) is 6.25. The first-order chi connectivity index (χ1) is 15.2. The molecule has 1 aromatic carbocycles. The Morgan fingerprint density at radius 3 is 1.97 bits per heavy atom. The molecule has 3 fully saturated rings. The number of ether oxygens (including phenoxy) is 2. The molecule has 4 heterocycles. The molecule has 0 spiro atoms. The van der Waals surface area contributed by atoms with E-state index in [1.54, 1.807) is 0 Å². The van der Waals surface area contributed by atoms with Gasteiger partial charge in [0.1, 0.15) is 0 Å². The largest absolute Gasteiger partial charge is 0.378 e. The Labute approximate surface area is 185 Å². The van der Waals surface area contributed by atoms with Gasteiger partial charge in [0.05, 0.1) is 36.5 Å². The Morgan fingerprint density at radius 2 is 1.39 bits per heavy atom. The first-order valence-corrected chi connectivity index (χ1v) is 11.9. The van der Waals surface area contributed by atoms with Gasteiger partial charge in [-0.3, -0.25) is 4.90 Å². The van der Waals surface area contributed by atoms with Crippen molar-refractivity contribution in [2.45, 2.75) is 38.9 Å². The molecule has 0 bridgehead atoms. The number of morpholine rings is 2. The minimum atomic E-state index is 0.341. The molecular weight excluding hydrogens is 390 g/mol. The molecule has 0 N–H and O–H groups in total. The fourth-order valence-electron chi connectivity index (χ4n) is 5.31. The number of benzene rings is 1. The van der Waals surface area contributed by atoms with Gasteiger partial charge in [-0.25, -0.2) is 9.97 Å². The highest BCUT2D eigenvalue weighted by molar-refractivity contribution is 5.81. The zero-order valence-corrected chi connectivity index (χ0v) is 18.9. The van der Waals surface area contributed by atoms with Gasteiger partial charge < -0.3 is 19.3 Å². The molecule has 31 heavy (non-hydrogen) atoms. The van der Waals surface area contributed by atoms with Gasteiger partial charge in [0.2, 0.25) is 0 Å². The number of hydrogen-bond donors (Lipinski definition) is 0. The average molecular weight is 426 g/mol. The summed E-state index contributed by atoms with van der Waals surface area (Å²) in [5.74, 6) is 2.82. The number of rotatable bonds is 4. The lowest BCUT2D eigenvalue weighted by atomic mass is 9.95. The lowest BCUT2D eigenvalue weighted by molar-refractivity contribution is -0.0720. The minimum absolute atomic E-state index is 0.341. The van der Waals surface area contributed by atoms with Gasteiger partial charge in [0.25, 0.3) is 0 Å². The second kappa shape index (κ2) is 9.27. The molecule has 0 aliphatic carbocycles. The lowest BCUT2D eigenvalue weighted by Gasteiger charge is -2.40. The highest BCUT2D eigenvalue weighted by Gasteiger charge is 2.29. The molecule has 7 nitrogen and oxygen atoms in total. The lowest BCUT2D eigenvalue weighted by Crippen LogP contribution is -2.48. The molecule has 7 heteroatoms. The smallest absolute Gasteiger partial charge is 0.172 e. The molecule has 3 saturated heterocycles. The highest BCUT2D eigenvalue weighted by atomic mass is 16.5. The van der Waals surface area contributed by atoms with Crippen LogP contribution in [0.1, 0.15) is 26.7 Å². The Bertz CT molecular complexity index is 869. The summed E-state index contributed by atoms with van der Waals surface area (Å²) in [5.41, 5.74) is 1.95. The fraction of sp³-hybridized carbons (Fsp3) is 0.667. The monoisotopic (exact) mass is 425 g/mol. The Morgan fingerprint density at radius 1 is 0.839 bits per heavy atom. The second-order valence-electron chi connectivity index (χ2n) is 9.37. The summed E-state index contributed by atoms with van der Waals surface area (Å²) < 4.78 is 11.5. The van der Waals surface area contributed by atoms with Crippen LogP contribution in [0.4, 0.5) is 11.6 Å². The standard InChI is InChI=1S/C24H35N5O2/c1-18-15-27(16-19(2)31-18)17-20-7-9-28(10-8-20)23-24(29-11-13-30-14-12-29)26-22-6-4-3-5-21(22)25-23/h3-6,18-20H,7-17H2,1-2H3. The molecule has 0 radical (unpaired) electrons.